The van der Waals surface area contributed by atoms with Crippen molar-refractivity contribution >= 4 is 41.2 Å². The fourth-order valence-corrected chi connectivity index (χ4v) is 3.50. The van der Waals surface area contributed by atoms with Crippen LogP contribution in [0.5, 0.6) is 0 Å². The Morgan fingerprint density at radius 2 is 1.74 bits per heavy atom. The van der Waals surface area contributed by atoms with Crippen LogP contribution in [0.4, 0.5) is 23.7 Å². The average Bonchev–Trinajstić information content (AvgIpc) is 3.32. The molecule has 2 amide bonds. The second-order valence-corrected chi connectivity index (χ2v) is 8.69. The van der Waals surface area contributed by atoms with Crippen LogP contribution in [0.1, 0.15) is 12.0 Å². The Morgan fingerprint density at radius 3 is 2.38 bits per heavy atom. The van der Waals surface area contributed by atoms with Gasteiger partial charge in [0.05, 0.1) is 5.69 Å². The van der Waals surface area contributed by atoms with Crippen molar-refractivity contribution in [3.8, 4) is 0 Å². The molecule has 0 spiro atoms. The molecule has 0 aliphatic rings. The van der Waals surface area contributed by atoms with E-state index in [4.69, 9.17) is 4.74 Å². The number of hydrogen-bond acceptors (Lipinski definition) is 10. The highest BCUT2D eigenvalue weighted by molar-refractivity contribution is 7.99. The summed E-state index contributed by atoms with van der Waals surface area (Å²) in [5, 5.41) is 23.1. The number of amides is 2. The molecule has 1 unspecified atom stereocenters. The van der Waals surface area contributed by atoms with E-state index in [0.29, 0.717) is 10.5 Å². The lowest BCUT2D eigenvalue weighted by Crippen LogP contribution is -2.42. The van der Waals surface area contributed by atoms with Crippen LogP contribution < -0.4 is 16.2 Å². The van der Waals surface area contributed by atoms with Gasteiger partial charge < -0.3 is 15.2 Å². The molecule has 4 N–H and O–H groups in total. The number of nitrogens with one attached hydrogen (secondary N) is 3. The number of nitrogens with zero attached hydrogens (tertiary/aromatic N) is 4. The van der Waals surface area contributed by atoms with Crippen LogP contribution in [-0.2, 0) is 32.3 Å². The average molecular weight is 568 g/mol. The largest absolute Gasteiger partial charge is 0.480 e. The highest BCUT2D eigenvalue weighted by Gasteiger charge is 2.38. The van der Waals surface area contributed by atoms with Gasteiger partial charge in [-0.15, -0.1) is 10.2 Å². The molecular formula is C22H20F3N7O6S. The maximum Gasteiger partial charge on any atom is 0.472 e. The molecule has 206 valence electrons. The number of hydrazine groups is 1. The van der Waals surface area contributed by atoms with E-state index in [-0.39, 0.29) is 17.5 Å². The number of alkyl carbamates (subject to hydrolysis) is 1. The first-order valence-corrected chi connectivity index (χ1v) is 11.7. The number of hydrogen-bond donors (Lipinski definition) is 4. The van der Waals surface area contributed by atoms with Gasteiger partial charge in [0.2, 0.25) is 5.16 Å². The van der Waals surface area contributed by atoms with Crippen LogP contribution in [-0.4, -0.2) is 61.3 Å². The lowest BCUT2D eigenvalue weighted by atomic mass is 10.1. The van der Waals surface area contributed by atoms with E-state index in [1.165, 1.54) is 29.7 Å². The smallest absolute Gasteiger partial charge is 0.472 e. The van der Waals surface area contributed by atoms with E-state index in [2.05, 4.69) is 26.2 Å². The third-order valence-corrected chi connectivity index (χ3v) is 5.48. The van der Waals surface area contributed by atoms with Crippen molar-refractivity contribution in [1.82, 2.24) is 30.9 Å². The minimum absolute atomic E-state index is 0.0792. The number of Topliss-reactive ketones (excluding diaryl/α,β-unsaturated/α-hetero) is 1. The Hall–Kier alpha value is -4.67. The molecule has 39 heavy (non-hydrogen) atoms. The van der Waals surface area contributed by atoms with Gasteiger partial charge in [-0.25, -0.2) is 9.59 Å². The standard InChI is InChI=1S/C22H20F3N7O6S/c23-22(24,25)19(36)28-27-14-6-8-16(9-7-14)39-20-29-31-32(30-20)11-15(33)10-17(18(34)35)26-21(37)38-12-13-4-2-1-3-5-13/h1-9,17,27H,10-12H2,(H,26,37)(H,28,36)(H,34,35). The van der Waals surface area contributed by atoms with Gasteiger partial charge in [-0.3, -0.25) is 20.4 Å². The normalized spacial score (nSPS) is 11.8. The summed E-state index contributed by atoms with van der Waals surface area (Å²) in [4.78, 5) is 48.2. The van der Waals surface area contributed by atoms with Crippen molar-refractivity contribution in [2.45, 2.75) is 41.8 Å². The number of ketones is 1. The molecule has 17 heteroatoms. The molecule has 0 bridgehead atoms. The van der Waals surface area contributed by atoms with E-state index in [1.54, 1.807) is 30.3 Å². The lowest BCUT2D eigenvalue weighted by Gasteiger charge is -2.14. The van der Waals surface area contributed by atoms with E-state index >= 15 is 0 Å². The second-order valence-electron chi connectivity index (χ2n) is 7.65. The van der Waals surface area contributed by atoms with Crippen LogP contribution in [0.2, 0.25) is 0 Å². The van der Waals surface area contributed by atoms with Crippen LogP contribution >= 0.6 is 11.8 Å². The third-order valence-electron chi connectivity index (χ3n) is 4.63. The number of tetrazole rings is 1. The van der Waals surface area contributed by atoms with Crippen LogP contribution in [0.3, 0.4) is 0 Å². The van der Waals surface area contributed by atoms with Gasteiger partial charge >= 0.3 is 24.1 Å². The van der Waals surface area contributed by atoms with Gasteiger partial charge in [-0.05, 0) is 46.8 Å². The fraction of sp³-hybridized carbons (Fsp3) is 0.227. The number of alkyl halides is 3. The number of carboxylic acids is 1. The Labute approximate surface area is 222 Å². The number of rotatable bonds is 12. The molecule has 1 atom stereocenters. The zero-order chi connectivity index (χ0) is 28.4. The monoisotopic (exact) mass is 567 g/mol. The van der Waals surface area contributed by atoms with Crippen molar-refractivity contribution in [3.63, 3.8) is 0 Å². The minimum atomic E-state index is -5.03. The molecule has 0 saturated heterocycles. The maximum absolute atomic E-state index is 12.4. The molecule has 0 radical (unpaired) electrons. The zero-order valence-electron chi connectivity index (χ0n) is 19.7. The molecule has 0 saturated carbocycles. The Morgan fingerprint density at radius 1 is 1.05 bits per heavy atom. The molecule has 0 aliphatic heterocycles. The first-order valence-electron chi connectivity index (χ1n) is 10.9. The van der Waals surface area contributed by atoms with Gasteiger partial charge in [-0.2, -0.15) is 18.0 Å². The van der Waals surface area contributed by atoms with Crippen molar-refractivity contribution in [1.29, 1.82) is 0 Å². The van der Waals surface area contributed by atoms with Crippen molar-refractivity contribution in [2.75, 3.05) is 5.43 Å². The van der Waals surface area contributed by atoms with E-state index in [0.717, 1.165) is 16.6 Å². The summed E-state index contributed by atoms with van der Waals surface area (Å²) in [7, 11) is 0. The van der Waals surface area contributed by atoms with Crippen molar-refractivity contribution in [2.24, 2.45) is 0 Å². The molecule has 13 nitrogen and oxygen atoms in total. The van der Waals surface area contributed by atoms with Gasteiger partial charge in [0.15, 0.2) is 5.78 Å². The van der Waals surface area contributed by atoms with Crippen LogP contribution in [0, 0.1) is 0 Å². The van der Waals surface area contributed by atoms with Gasteiger partial charge in [0.1, 0.15) is 19.2 Å². The number of aromatic nitrogens is 4. The number of anilines is 1. The molecular weight excluding hydrogens is 547 g/mol. The number of benzene rings is 2. The molecule has 1 aromatic heterocycles. The maximum atomic E-state index is 12.4. The summed E-state index contributed by atoms with van der Waals surface area (Å²) >= 11 is 1.02. The summed E-state index contributed by atoms with van der Waals surface area (Å²) < 4.78 is 41.6. The van der Waals surface area contributed by atoms with Gasteiger partial charge in [0.25, 0.3) is 0 Å². The van der Waals surface area contributed by atoms with Crippen molar-refractivity contribution in [3.05, 3.63) is 60.2 Å². The topological polar surface area (TPSA) is 177 Å². The third kappa shape index (κ3) is 9.62. The van der Waals surface area contributed by atoms with E-state index < -0.39 is 48.9 Å². The second kappa shape index (κ2) is 13.2. The first kappa shape index (κ1) is 28.9. The van der Waals surface area contributed by atoms with E-state index in [9.17, 15) is 37.5 Å². The number of carbonyl (C=O) groups is 4. The number of carboxylic acid groups (broad SMARTS) is 1. The summed E-state index contributed by atoms with van der Waals surface area (Å²) in [6, 6.07) is 13.0. The molecule has 3 aromatic rings. The van der Waals surface area contributed by atoms with Gasteiger partial charge in [0, 0.05) is 11.3 Å². The number of ether oxygens (including phenoxy) is 1. The predicted molar refractivity (Wildman–Crippen MR) is 127 cm³/mol. The fourth-order valence-electron chi connectivity index (χ4n) is 2.81. The number of carbonyl (C=O) groups excluding carboxylic acids is 3. The Bertz CT molecular complexity index is 1310. The highest BCUT2D eigenvalue weighted by Crippen LogP contribution is 2.25. The predicted octanol–water partition coefficient (Wildman–Crippen LogP) is 2.17. The minimum Gasteiger partial charge on any atom is -0.480 e. The summed E-state index contributed by atoms with van der Waals surface area (Å²) in [5.41, 5.74) is 4.53. The number of halogens is 3. The molecule has 2 aromatic carbocycles. The van der Waals surface area contributed by atoms with Crippen LogP contribution in [0.15, 0.2) is 64.6 Å². The SMILES string of the molecule is O=C(CC(NC(=O)OCc1ccccc1)C(=O)O)Cn1nnc(Sc2ccc(NNC(=O)C(F)(F)F)cc2)n1. The Kier molecular flexibility index (Phi) is 9.80. The van der Waals surface area contributed by atoms with Crippen LogP contribution in [0.25, 0.3) is 0 Å². The van der Waals surface area contributed by atoms with E-state index in [1.807, 2.05) is 0 Å². The lowest BCUT2D eigenvalue weighted by molar-refractivity contribution is -0.173. The molecule has 0 aliphatic carbocycles. The highest BCUT2D eigenvalue weighted by atomic mass is 32.2. The molecule has 3 rings (SSSR count). The number of aliphatic carboxylic acids is 1. The summed E-state index contributed by atoms with van der Waals surface area (Å²) in [5.74, 6) is -4.18. The summed E-state index contributed by atoms with van der Waals surface area (Å²) in [6.07, 6.45) is -6.58. The molecule has 0 fully saturated rings. The quantitative estimate of drug-likeness (QED) is 0.236. The van der Waals surface area contributed by atoms with Crippen molar-refractivity contribution < 1.29 is 42.2 Å². The Balaban J connectivity index is 1.46. The van der Waals surface area contributed by atoms with Gasteiger partial charge in [-0.1, -0.05) is 30.3 Å². The zero-order valence-corrected chi connectivity index (χ0v) is 20.5. The molecule has 1 heterocycles. The summed E-state index contributed by atoms with van der Waals surface area (Å²) in [6.45, 7) is -0.496. The first-order chi connectivity index (χ1) is 18.5.